The fraction of sp³-hybridized carbons (Fsp3) is 0.538. The minimum Gasteiger partial charge on any atom is -0.493 e. The third-order valence-corrected chi connectivity index (χ3v) is 2.83. The van der Waals surface area contributed by atoms with E-state index < -0.39 is 12.4 Å². The Morgan fingerprint density at radius 3 is 2.39 bits per heavy atom. The van der Waals surface area contributed by atoms with Crippen LogP contribution in [0.4, 0.5) is 12.9 Å². The van der Waals surface area contributed by atoms with E-state index in [4.69, 9.17) is 4.74 Å². The smallest absolute Gasteiger partial charge is 0.493 e. The van der Waals surface area contributed by atoms with Crippen LogP contribution in [0.2, 0.25) is 0 Å². The molecule has 0 saturated carbocycles. The van der Waals surface area contributed by atoms with Crippen molar-refractivity contribution in [3.63, 3.8) is 0 Å². The zero-order chi connectivity index (χ0) is 13.6. The third-order valence-electron chi connectivity index (χ3n) is 2.83. The summed E-state index contributed by atoms with van der Waals surface area (Å²) in [5, 5.41) is 0. The standard InChI is InChI=1S/C13H19BF3O/c1-3-4-5-6-9-18-13-8-7-12(10-11(13)2)14(15,16)17/h7-8,10H,3-6,9H2,1-2H3/q-1. The quantitative estimate of drug-likeness (QED) is 0.531. The molecule has 0 saturated heterocycles. The lowest BCUT2D eigenvalue weighted by Gasteiger charge is -2.17. The van der Waals surface area contributed by atoms with Crippen LogP contribution in [0.1, 0.15) is 38.2 Å². The predicted molar refractivity (Wildman–Crippen MR) is 69.5 cm³/mol. The van der Waals surface area contributed by atoms with E-state index in [1.54, 1.807) is 6.92 Å². The maximum Gasteiger partial charge on any atom is 0.509 e. The van der Waals surface area contributed by atoms with Gasteiger partial charge in [0.05, 0.1) is 6.61 Å². The second-order valence-corrected chi connectivity index (χ2v) is 4.51. The number of rotatable bonds is 7. The maximum absolute atomic E-state index is 12.5. The highest BCUT2D eigenvalue weighted by atomic mass is 19.4. The Labute approximate surface area is 106 Å². The van der Waals surface area contributed by atoms with Crippen LogP contribution in [0, 0.1) is 6.92 Å². The monoisotopic (exact) mass is 259 g/mol. The number of benzene rings is 1. The molecule has 18 heavy (non-hydrogen) atoms. The molecule has 1 aromatic rings. The van der Waals surface area contributed by atoms with Crippen molar-refractivity contribution in [1.82, 2.24) is 0 Å². The molecule has 1 nitrogen and oxygen atoms in total. The molecule has 0 spiro atoms. The summed E-state index contributed by atoms with van der Waals surface area (Å²) in [5.41, 5.74) is -0.0203. The van der Waals surface area contributed by atoms with E-state index in [2.05, 4.69) is 6.92 Å². The number of halogens is 3. The average Bonchev–Trinajstić information content (AvgIpc) is 2.29. The molecule has 0 aliphatic carbocycles. The van der Waals surface area contributed by atoms with Crippen molar-refractivity contribution in [2.45, 2.75) is 39.5 Å². The van der Waals surface area contributed by atoms with Crippen LogP contribution in [-0.4, -0.2) is 13.6 Å². The van der Waals surface area contributed by atoms with Gasteiger partial charge in [-0.05, 0) is 25.0 Å². The van der Waals surface area contributed by atoms with Gasteiger partial charge in [0.2, 0.25) is 0 Å². The van der Waals surface area contributed by atoms with Crippen molar-refractivity contribution in [3.05, 3.63) is 23.8 Å². The van der Waals surface area contributed by atoms with Crippen LogP contribution >= 0.6 is 0 Å². The van der Waals surface area contributed by atoms with Gasteiger partial charge < -0.3 is 17.7 Å². The van der Waals surface area contributed by atoms with E-state index in [9.17, 15) is 12.9 Å². The number of ether oxygens (including phenoxy) is 1. The summed E-state index contributed by atoms with van der Waals surface area (Å²) in [6.07, 6.45) is 4.36. The molecule has 0 atom stereocenters. The van der Waals surface area contributed by atoms with Gasteiger partial charge in [-0.15, -0.1) is 5.46 Å². The number of hydrogen-bond acceptors (Lipinski definition) is 1. The molecule has 0 unspecified atom stereocenters. The van der Waals surface area contributed by atoms with E-state index in [0.717, 1.165) is 37.8 Å². The summed E-state index contributed by atoms with van der Waals surface area (Å²) in [5.74, 6) is 0.551. The van der Waals surface area contributed by atoms with Crippen molar-refractivity contribution >= 4 is 12.4 Å². The fourth-order valence-corrected chi connectivity index (χ4v) is 1.75. The van der Waals surface area contributed by atoms with Crippen LogP contribution in [-0.2, 0) is 0 Å². The second-order valence-electron chi connectivity index (χ2n) is 4.51. The van der Waals surface area contributed by atoms with Crippen LogP contribution in [0.5, 0.6) is 5.75 Å². The number of unbranched alkanes of at least 4 members (excludes halogenated alkanes) is 3. The van der Waals surface area contributed by atoms with E-state index >= 15 is 0 Å². The average molecular weight is 259 g/mol. The SMILES string of the molecule is CCCCCCOc1ccc([B-](F)(F)F)cc1C. The highest BCUT2D eigenvalue weighted by molar-refractivity contribution is 6.73. The second kappa shape index (κ2) is 6.71. The van der Waals surface area contributed by atoms with Crippen molar-refractivity contribution < 1.29 is 17.7 Å². The van der Waals surface area contributed by atoms with E-state index in [1.807, 2.05) is 0 Å². The van der Waals surface area contributed by atoms with Crippen LogP contribution < -0.4 is 10.2 Å². The summed E-state index contributed by atoms with van der Waals surface area (Å²) in [7, 11) is 0. The van der Waals surface area contributed by atoms with Crippen molar-refractivity contribution in [2.24, 2.45) is 0 Å². The molecule has 0 aliphatic heterocycles. The summed E-state index contributed by atoms with van der Waals surface area (Å²) in [4.78, 5) is 0. The molecule has 1 aromatic carbocycles. The Morgan fingerprint density at radius 1 is 1.11 bits per heavy atom. The number of hydrogen-bond donors (Lipinski definition) is 0. The van der Waals surface area contributed by atoms with E-state index in [1.165, 1.54) is 6.07 Å². The summed E-state index contributed by atoms with van der Waals surface area (Å²) in [6.45, 7) is -0.579. The Balaban J connectivity index is 2.53. The van der Waals surface area contributed by atoms with Crippen molar-refractivity contribution in [1.29, 1.82) is 0 Å². The van der Waals surface area contributed by atoms with Crippen LogP contribution in [0.25, 0.3) is 0 Å². The normalized spacial score (nSPS) is 11.6. The van der Waals surface area contributed by atoms with Gasteiger partial charge in [0.15, 0.2) is 0 Å². The first-order chi connectivity index (χ1) is 8.45. The predicted octanol–water partition coefficient (Wildman–Crippen LogP) is 4.01. The molecule has 0 amide bonds. The lowest BCUT2D eigenvalue weighted by atomic mass is 9.79. The lowest BCUT2D eigenvalue weighted by molar-refractivity contribution is 0.303. The van der Waals surface area contributed by atoms with Gasteiger partial charge >= 0.3 is 6.98 Å². The molecule has 1 rings (SSSR count). The summed E-state index contributed by atoms with van der Waals surface area (Å²) in [6, 6.07) is 3.66. The minimum atomic E-state index is -4.92. The minimum absolute atomic E-state index is 0.544. The zero-order valence-electron chi connectivity index (χ0n) is 10.9. The molecule has 0 N–H and O–H groups in total. The topological polar surface area (TPSA) is 9.23 Å². The van der Waals surface area contributed by atoms with Crippen LogP contribution in [0.3, 0.4) is 0 Å². The Kier molecular flexibility index (Phi) is 5.57. The van der Waals surface area contributed by atoms with Crippen molar-refractivity contribution in [2.75, 3.05) is 6.61 Å². The van der Waals surface area contributed by atoms with Crippen LogP contribution in [0.15, 0.2) is 18.2 Å². The molecule has 5 heteroatoms. The van der Waals surface area contributed by atoms with Gasteiger partial charge in [-0.25, -0.2) is 0 Å². The molecule has 0 aromatic heterocycles. The molecular weight excluding hydrogens is 240 g/mol. The van der Waals surface area contributed by atoms with Gasteiger partial charge in [-0.3, -0.25) is 0 Å². The zero-order valence-corrected chi connectivity index (χ0v) is 10.9. The van der Waals surface area contributed by atoms with E-state index in [0.29, 0.717) is 17.9 Å². The lowest BCUT2D eigenvalue weighted by Crippen LogP contribution is -2.34. The molecular formula is C13H19BF3O-. The Bertz CT molecular complexity index is 377. The van der Waals surface area contributed by atoms with Gasteiger partial charge in [-0.1, -0.05) is 38.3 Å². The molecule has 0 fully saturated rings. The summed E-state index contributed by atoms with van der Waals surface area (Å²) < 4.78 is 43.0. The first kappa shape index (κ1) is 14.9. The largest absolute Gasteiger partial charge is 0.509 e. The first-order valence-electron chi connectivity index (χ1n) is 6.38. The van der Waals surface area contributed by atoms with Crippen molar-refractivity contribution in [3.8, 4) is 5.75 Å². The molecule has 0 heterocycles. The summed E-state index contributed by atoms with van der Waals surface area (Å²) >= 11 is 0. The molecule has 0 aliphatic rings. The van der Waals surface area contributed by atoms with Gasteiger partial charge in [0.25, 0.3) is 0 Å². The van der Waals surface area contributed by atoms with Gasteiger partial charge in [0, 0.05) is 0 Å². The van der Waals surface area contributed by atoms with Gasteiger partial charge in [-0.2, -0.15) is 0 Å². The molecule has 0 bridgehead atoms. The van der Waals surface area contributed by atoms with E-state index in [-0.39, 0.29) is 0 Å². The fourth-order valence-electron chi connectivity index (χ4n) is 1.75. The molecule has 0 radical (unpaired) electrons. The Hall–Kier alpha value is -1.13. The maximum atomic E-state index is 12.5. The first-order valence-corrected chi connectivity index (χ1v) is 6.38. The Morgan fingerprint density at radius 2 is 1.83 bits per heavy atom. The van der Waals surface area contributed by atoms with Gasteiger partial charge in [0.1, 0.15) is 5.75 Å². The third kappa shape index (κ3) is 4.63. The highest BCUT2D eigenvalue weighted by Gasteiger charge is 2.25. The molecule has 102 valence electrons. The number of aryl methyl sites for hydroxylation is 1. The highest BCUT2D eigenvalue weighted by Crippen LogP contribution is 2.19.